The fourth-order valence-electron chi connectivity index (χ4n) is 3.20. The van der Waals surface area contributed by atoms with Crippen LogP contribution < -0.4 is 5.32 Å². The zero-order valence-corrected chi connectivity index (χ0v) is 14.7. The van der Waals surface area contributed by atoms with E-state index in [-0.39, 0.29) is 23.8 Å². The summed E-state index contributed by atoms with van der Waals surface area (Å²) in [4.78, 5) is 36.5. The molecule has 1 aromatic carbocycles. The van der Waals surface area contributed by atoms with Gasteiger partial charge in [0.15, 0.2) is 6.61 Å². The second-order valence-corrected chi connectivity index (χ2v) is 6.56. The van der Waals surface area contributed by atoms with E-state index in [0.717, 1.165) is 12.5 Å². The molecule has 8 heteroatoms. The number of ether oxygens (including phenoxy) is 1. The Kier molecular flexibility index (Phi) is 5.95. The Balaban J connectivity index is 2.03. The third-order valence-electron chi connectivity index (χ3n) is 4.25. The van der Waals surface area contributed by atoms with Crippen LogP contribution in [0.4, 0.5) is 11.4 Å². The van der Waals surface area contributed by atoms with Crippen molar-refractivity contribution >= 4 is 23.3 Å². The summed E-state index contributed by atoms with van der Waals surface area (Å²) in [6, 6.07) is 3.87. The van der Waals surface area contributed by atoms with E-state index in [4.69, 9.17) is 4.74 Å². The zero-order valence-electron chi connectivity index (χ0n) is 14.7. The smallest absolute Gasteiger partial charge is 0.341 e. The van der Waals surface area contributed by atoms with Crippen LogP contribution in [0.1, 0.15) is 30.6 Å². The van der Waals surface area contributed by atoms with E-state index in [1.54, 1.807) is 11.9 Å². The molecule has 1 N–H and O–H groups in total. The minimum atomic E-state index is -0.764. The predicted octanol–water partition coefficient (Wildman–Crippen LogP) is 2.30. The lowest BCUT2D eigenvalue weighted by atomic mass is 9.92. The van der Waals surface area contributed by atoms with Crippen molar-refractivity contribution in [3.05, 3.63) is 33.9 Å². The molecule has 2 rings (SSSR count). The molecule has 1 aliphatic rings. The lowest BCUT2D eigenvalue weighted by molar-refractivity contribution is -0.384. The summed E-state index contributed by atoms with van der Waals surface area (Å²) in [6.45, 7) is 5.11. The maximum absolute atomic E-state index is 12.3. The zero-order chi connectivity index (χ0) is 18.6. The molecule has 136 valence electrons. The number of carbonyl (C=O) groups is 2. The summed E-state index contributed by atoms with van der Waals surface area (Å²) in [5.74, 6) is -0.185. The van der Waals surface area contributed by atoms with Gasteiger partial charge in [0, 0.05) is 38.0 Å². The second-order valence-electron chi connectivity index (χ2n) is 6.56. The van der Waals surface area contributed by atoms with Crippen molar-refractivity contribution in [3.8, 4) is 0 Å². The van der Waals surface area contributed by atoms with E-state index < -0.39 is 10.9 Å². The molecule has 2 atom stereocenters. The highest BCUT2D eigenvalue weighted by Gasteiger charge is 2.26. The summed E-state index contributed by atoms with van der Waals surface area (Å²) in [6.07, 6.45) is 1.07. The molecule has 0 aliphatic carbocycles. The highest BCUT2D eigenvalue weighted by molar-refractivity contribution is 5.97. The average Bonchev–Trinajstić information content (AvgIpc) is 2.57. The Morgan fingerprint density at radius 3 is 2.52 bits per heavy atom. The molecule has 0 saturated carbocycles. The van der Waals surface area contributed by atoms with Crippen LogP contribution in [0.2, 0.25) is 0 Å². The van der Waals surface area contributed by atoms with Crippen LogP contribution in [0, 0.1) is 22.0 Å². The number of anilines is 1. The van der Waals surface area contributed by atoms with Gasteiger partial charge in [0.25, 0.3) is 11.6 Å². The molecule has 25 heavy (non-hydrogen) atoms. The quantitative estimate of drug-likeness (QED) is 0.497. The van der Waals surface area contributed by atoms with Gasteiger partial charge in [0.05, 0.1) is 10.5 Å². The van der Waals surface area contributed by atoms with E-state index in [9.17, 15) is 19.7 Å². The average molecular weight is 349 g/mol. The van der Waals surface area contributed by atoms with Gasteiger partial charge in [-0.2, -0.15) is 0 Å². The third-order valence-corrected chi connectivity index (χ3v) is 4.25. The first kappa shape index (κ1) is 18.7. The number of nitro benzene ring substituents is 1. The number of nitro groups is 1. The van der Waals surface area contributed by atoms with Crippen molar-refractivity contribution < 1.29 is 19.2 Å². The number of amides is 1. The van der Waals surface area contributed by atoms with E-state index in [0.29, 0.717) is 30.6 Å². The van der Waals surface area contributed by atoms with Gasteiger partial charge in [-0.15, -0.1) is 0 Å². The molecule has 0 radical (unpaired) electrons. The van der Waals surface area contributed by atoms with Crippen molar-refractivity contribution in [1.29, 1.82) is 0 Å². The number of nitrogens with one attached hydrogen (secondary N) is 1. The Bertz CT molecular complexity index is 666. The summed E-state index contributed by atoms with van der Waals surface area (Å²) in [5.41, 5.74) is 0.226. The second kappa shape index (κ2) is 7.96. The Morgan fingerprint density at radius 2 is 1.96 bits per heavy atom. The molecular formula is C17H23N3O5. The van der Waals surface area contributed by atoms with E-state index >= 15 is 0 Å². The van der Waals surface area contributed by atoms with Crippen molar-refractivity contribution in [2.75, 3.05) is 32.1 Å². The Labute approximate surface area is 146 Å². The van der Waals surface area contributed by atoms with Gasteiger partial charge >= 0.3 is 5.97 Å². The van der Waals surface area contributed by atoms with Crippen LogP contribution in [-0.4, -0.2) is 48.4 Å². The predicted molar refractivity (Wildman–Crippen MR) is 92.5 cm³/mol. The maximum Gasteiger partial charge on any atom is 0.341 e. The Hall–Kier alpha value is -2.64. The molecule has 1 aromatic rings. The topological polar surface area (TPSA) is 102 Å². The lowest BCUT2D eigenvalue weighted by Crippen LogP contribution is -2.44. The van der Waals surface area contributed by atoms with Gasteiger partial charge in [-0.3, -0.25) is 14.9 Å². The SMILES string of the molecule is CNc1ccc([N+](=O)[O-])cc1C(=O)OCC(=O)N1C[C@H](C)C[C@@H](C)C1. The summed E-state index contributed by atoms with van der Waals surface area (Å²) in [5, 5.41) is 13.7. The first-order chi connectivity index (χ1) is 11.8. The molecule has 0 bridgehead atoms. The molecule has 0 spiro atoms. The first-order valence-electron chi connectivity index (χ1n) is 8.23. The molecule has 1 fully saturated rings. The highest BCUT2D eigenvalue weighted by Crippen LogP contribution is 2.23. The standard InChI is InChI=1S/C17H23N3O5/c1-11-6-12(2)9-19(8-11)16(21)10-25-17(22)14-7-13(20(23)24)4-5-15(14)18-3/h4-5,7,11-12,18H,6,8-10H2,1-3H3/t11-,12-/m1/s1. The molecule has 1 saturated heterocycles. The number of carbonyl (C=O) groups excluding carboxylic acids is 2. The first-order valence-corrected chi connectivity index (χ1v) is 8.23. The summed E-state index contributed by atoms with van der Waals surface area (Å²) < 4.78 is 5.10. The molecular weight excluding hydrogens is 326 g/mol. The van der Waals surface area contributed by atoms with Gasteiger partial charge in [0.2, 0.25) is 0 Å². The van der Waals surface area contributed by atoms with Crippen LogP contribution >= 0.6 is 0 Å². The monoisotopic (exact) mass is 349 g/mol. The largest absolute Gasteiger partial charge is 0.452 e. The van der Waals surface area contributed by atoms with Crippen molar-refractivity contribution in [2.24, 2.45) is 11.8 Å². The van der Waals surface area contributed by atoms with Crippen molar-refractivity contribution in [2.45, 2.75) is 20.3 Å². The van der Waals surface area contributed by atoms with Gasteiger partial charge in [-0.05, 0) is 24.3 Å². The van der Waals surface area contributed by atoms with Gasteiger partial charge in [-0.25, -0.2) is 4.79 Å². The number of nitrogens with zero attached hydrogens (tertiary/aromatic N) is 2. The minimum Gasteiger partial charge on any atom is -0.452 e. The Morgan fingerprint density at radius 1 is 1.32 bits per heavy atom. The maximum atomic E-state index is 12.3. The van der Waals surface area contributed by atoms with Crippen LogP contribution in [0.3, 0.4) is 0 Å². The third kappa shape index (κ3) is 4.68. The molecule has 8 nitrogen and oxygen atoms in total. The van der Waals surface area contributed by atoms with E-state index in [1.165, 1.54) is 12.1 Å². The lowest BCUT2D eigenvalue weighted by Gasteiger charge is -2.34. The number of esters is 1. The number of benzene rings is 1. The normalized spacial score (nSPS) is 20.0. The molecule has 1 heterocycles. The van der Waals surface area contributed by atoms with Crippen LogP contribution in [0.15, 0.2) is 18.2 Å². The number of rotatable bonds is 5. The molecule has 1 aliphatic heterocycles. The van der Waals surface area contributed by atoms with Gasteiger partial charge in [-0.1, -0.05) is 13.8 Å². The number of hydrogen-bond acceptors (Lipinski definition) is 6. The van der Waals surface area contributed by atoms with Crippen LogP contribution in [0.25, 0.3) is 0 Å². The van der Waals surface area contributed by atoms with Gasteiger partial charge in [0.1, 0.15) is 0 Å². The summed E-state index contributed by atoms with van der Waals surface area (Å²) in [7, 11) is 1.60. The van der Waals surface area contributed by atoms with Crippen molar-refractivity contribution in [1.82, 2.24) is 4.90 Å². The minimum absolute atomic E-state index is 0.0323. The highest BCUT2D eigenvalue weighted by atomic mass is 16.6. The van der Waals surface area contributed by atoms with E-state index in [2.05, 4.69) is 19.2 Å². The van der Waals surface area contributed by atoms with Crippen LogP contribution in [0.5, 0.6) is 0 Å². The fraction of sp³-hybridized carbons (Fsp3) is 0.529. The number of piperidine rings is 1. The molecule has 0 unspecified atom stereocenters. The van der Waals surface area contributed by atoms with Crippen LogP contribution in [-0.2, 0) is 9.53 Å². The number of hydrogen-bond donors (Lipinski definition) is 1. The van der Waals surface area contributed by atoms with E-state index in [1.807, 2.05) is 0 Å². The summed E-state index contributed by atoms with van der Waals surface area (Å²) >= 11 is 0. The molecule has 0 aromatic heterocycles. The van der Waals surface area contributed by atoms with Crippen molar-refractivity contribution in [3.63, 3.8) is 0 Å². The van der Waals surface area contributed by atoms with Gasteiger partial charge < -0.3 is 15.0 Å². The molecule has 1 amide bonds. The number of likely N-dealkylation sites (tertiary alicyclic amines) is 1. The fourth-order valence-corrected chi connectivity index (χ4v) is 3.20. The number of non-ortho nitro benzene ring substituents is 1.